The predicted molar refractivity (Wildman–Crippen MR) is 85.9 cm³/mol. The fraction of sp³-hybridized carbons (Fsp3) is 0.333. The Bertz CT molecular complexity index is 734. The Hall–Kier alpha value is -2.56. The molecule has 0 unspecified atom stereocenters. The molecule has 0 radical (unpaired) electrons. The SMILES string of the molecule is CCOC(=O)c1[nH]c(C)c2c1CN(Cc1ccccc1)C(=O)C2. The standard InChI is InChI=1S/C18H20N2O3/c1-3-23-18(22)17-15-11-20(10-13-7-5-4-6-8-13)16(21)9-14(15)12(2)19-17/h4-8,19H,3,9-11H2,1-2H3. The summed E-state index contributed by atoms with van der Waals surface area (Å²) in [6, 6.07) is 9.86. The number of amides is 1. The van der Waals surface area contributed by atoms with Crippen molar-refractivity contribution in [2.24, 2.45) is 0 Å². The third kappa shape index (κ3) is 2.99. The number of aryl methyl sites for hydroxylation is 1. The number of carbonyl (C=O) groups excluding carboxylic acids is 2. The lowest BCUT2D eigenvalue weighted by Crippen LogP contribution is -2.36. The minimum atomic E-state index is -0.356. The quantitative estimate of drug-likeness (QED) is 0.883. The van der Waals surface area contributed by atoms with Crippen LogP contribution in [0.5, 0.6) is 0 Å². The Kier molecular flexibility index (Phi) is 4.19. The summed E-state index contributed by atoms with van der Waals surface area (Å²) in [7, 11) is 0. The van der Waals surface area contributed by atoms with Gasteiger partial charge in [0.1, 0.15) is 5.69 Å². The van der Waals surface area contributed by atoms with E-state index in [2.05, 4.69) is 4.98 Å². The first kappa shape index (κ1) is 15.3. The second-order valence-corrected chi connectivity index (χ2v) is 5.71. The molecule has 5 heteroatoms. The number of esters is 1. The molecule has 120 valence electrons. The van der Waals surface area contributed by atoms with Gasteiger partial charge in [0.15, 0.2) is 0 Å². The number of carbonyl (C=O) groups is 2. The molecule has 1 aliphatic heterocycles. The molecule has 0 spiro atoms. The van der Waals surface area contributed by atoms with E-state index in [9.17, 15) is 9.59 Å². The van der Waals surface area contributed by atoms with Gasteiger partial charge in [0.25, 0.3) is 0 Å². The molecular weight excluding hydrogens is 292 g/mol. The number of H-pyrrole nitrogens is 1. The van der Waals surface area contributed by atoms with Crippen LogP contribution in [0.3, 0.4) is 0 Å². The van der Waals surface area contributed by atoms with Gasteiger partial charge < -0.3 is 14.6 Å². The van der Waals surface area contributed by atoms with Gasteiger partial charge in [-0.25, -0.2) is 4.79 Å². The number of nitrogens with one attached hydrogen (secondary N) is 1. The van der Waals surface area contributed by atoms with E-state index >= 15 is 0 Å². The molecule has 0 fully saturated rings. The topological polar surface area (TPSA) is 62.4 Å². The fourth-order valence-electron chi connectivity index (χ4n) is 3.00. The van der Waals surface area contributed by atoms with Gasteiger partial charge in [-0.1, -0.05) is 30.3 Å². The Labute approximate surface area is 135 Å². The van der Waals surface area contributed by atoms with E-state index < -0.39 is 0 Å². The number of hydrogen-bond donors (Lipinski definition) is 1. The highest BCUT2D eigenvalue weighted by atomic mass is 16.5. The Morgan fingerprint density at radius 1 is 1.26 bits per heavy atom. The highest BCUT2D eigenvalue weighted by Crippen LogP contribution is 2.28. The zero-order valence-corrected chi connectivity index (χ0v) is 13.4. The number of rotatable bonds is 4. The van der Waals surface area contributed by atoms with Gasteiger partial charge in [-0.2, -0.15) is 0 Å². The van der Waals surface area contributed by atoms with Crippen molar-refractivity contribution < 1.29 is 14.3 Å². The van der Waals surface area contributed by atoms with E-state index in [1.807, 2.05) is 37.3 Å². The Balaban J connectivity index is 1.88. The van der Waals surface area contributed by atoms with Crippen LogP contribution in [0.15, 0.2) is 30.3 Å². The summed E-state index contributed by atoms with van der Waals surface area (Å²) in [5.41, 5.74) is 4.24. The van der Waals surface area contributed by atoms with Crippen molar-refractivity contribution in [3.05, 3.63) is 58.4 Å². The number of benzene rings is 1. The summed E-state index contributed by atoms with van der Waals surface area (Å²) >= 11 is 0. The molecule has 2 heterocycles. The molecule has 3 rings (SSSR count). The van der Waals surface area contributed by atoms with E-state index in [1.54, 1.807) is 11.8 Å². The van der Waals surface area contributed by atoms with Crippen LogP contribution in [0.2, 0.25) is 0 Å². The molecule has 2 aromatic rings. The third-order valence-corrected chi connectivity index (χ3v) is 4.16. The molecule has 23 heavy (non-hydrogen) atoms. The molecule has 0 saturated carbocycles. The van der Waals surface area contributed by atoms with Crippen molar-refractivity contribution in [3.63, 3.8) is 0 Å². The van der Waals surface area contributed by atoms with Crippen molar-refractivity contribution in [1.29, 1.82) is 0 Å². The maximum Gasteiger partial charge on any atom is 0.355 e. The van der Waals surface area contributed by atoms with Gasteiger partial charge >= 0.3 is 5.97 Å². The van der Waals surface area contributed by atoms with Crippen LogP contribution in [0.1, 0.15) is 39.8 Å². The molecule has 1 aromatic carbocycles. The van der Waals surface area contributed by atoms with Crippen LogP contribution >= 0.6 is 0 Å². The molecule has 0 bridgehead atoms. The van der Waals surface area contributed by atoms with Crippen LogP contribution in [-0.2, 0) is 29.0 Å². The zero-order valence-electron chi connectivity index (χ0n) is 13.4. The smallest absolute Gasteiger partial charge is 0.355 e. The summed E-state index contributed by atoms with van der Waals surface area (Å²) in [4.78, 5) is 29.4. The van der Waals surface area contributed by atoms with E-state index in [-0.39, 0.29) is 11.9 Å². The summed E-state index contributed by atoms with van der Waals surface area (Å²) in [5, 5.41) is 0. The van der Waals surface area contributed by atoms with Crippen LogP contribution in [0, 0.1) is 6.92 Å². The largest absolute Gasteiger partial charge is 0.461 e. The lowest BCUT2D eigenvalue weighted by atomic mass is 9.99. The first-order chi connectivity index (χ1) is 11.1. The van der Waals surface area contributed by atoms with E-state index in [0.717, 1.165) is 22.4 Å². The van der Waals surface area contributed by atoms with Crippen LogP contribution in [0.25, 0.3) is 0 Å². The number of ether oxygens (including phenoxy) is 1. The Morgan fingerprint density at radius 2 is 2.00 bits per heavy atom. The number of fused-ring (bicyclic) bond motifs is 1. The lowest BCUT2D eigenvalue weighted by Gasteiger charge is -2.28. The zero-order chi connectivity index (χ0) is 16.4. The van der Waals surface area contributed by atoms with Gasteiger partial charge in [-0.05, 0) is 25.0 Å². The lowest BCUT2D eigenvalue weighted by molar-refractivity contribution is -0.132. The van der Waals surface area contributed by atoms with Crippen LogP contribution < -0.4 is 0 Å². The number of aromatic nitrogens is 1. The van der Waals surface area contributed by atoms with Gasteiger partial charge in [-0.15, -0.1) is 0 Å². The van der Waals surface area contributed by atoms with Crippen molar-refractivity contribution >= 4 is 11.9 Å². The molecule has 0 saturated heterocycles. The van der Waals surface area contributed by atoms with E-state index in [0.29, 0.717) is 31.8 Å². The molecule has 0 aliphatic carbocycles. The van der Waals surface area contributed by atoms with Crippen LogP contribution in [0.4, 0.5) is 0 Å². The molecular formula is C18H20N2O3. The number of hydrogen-bond acceptors (Lipinski definition) is 3. The van der Waals surface area contributed by atoms with Crippen LogP contribution in [-0.4, -0.2) is 28.4 Å². The minimum absolute atomic E-state index is 0.0823. The minimum Gasteiger partial charge on any atom is -0.461 e. The van der Waals surface area contributed by atoms with Crippen molar-refractivity contribution in [2.45, 2.75) is 33.4 Å². The van der Waals surface area contributed by atoms with Gasteiger partial charge in [0.2, 0.25) is 5.91 Å². The second kappa shape index (κ2) is 6.28. The highest BCUT2D eigenvalue weighted by Gasteiger charge is 2.30. The van der Waals surface area contributed by atoms with E-state index in [1.165, 1.54) is 0 Å². The average Bonchev–Trinajstić information content (AvgIpc) is 2.86. The van der Waals surface area contributed by atoms with Crippen molar-refractivity contribution in [2.75, 3.05) is 6.61 Å². The number of aromatic amines is 1. The predicted octanol–water partition coefficient (Wildman–Crippen LogP) is 2.58. The van der Waals surface area contributed by atoms with Gasteiger partial charge in [-0.3, -0.25) is 4.79 Å². The average molecular weight is 312 g/mol. The molecule has 1 N–H and O–H groups in total. The third-order valence-electron chi connectivity index (χ3n) is 4.16. The second-order valence-electron chi connectivity index (χ2n) is 5.71. The summed E-state index contributed by atoms with van der Waals surface area (Å²) < 4.78 is 5.11. The van der Waals surface area contributed by atoms with E-state index in [4.69, 9.17) is 4.74 Å². The first-order valence-electron chi connectivity index (χ1n) is 7.79. The first-order valence-corrected chi connectivity index (χ1v) is 7.79. The van der Waals surface area contributed by atoms with Gasteiger partial charge in [0.05, 0.1) is 13.0 Å². The van der Waals surface area contributed by atoms with Crippen molar-refractivity contribution in [3.8, 4) is 0 Å². The molecule has 1 aromatic heterocycles. The highest BCUT2D eigenvalue weighted by molar-refractivity contribution is 5.92. The molecule has 1 aliphatic rings. The normalized spacial score (nSPS) is 13.8. The molecule has 1 amide bonds. The number of nitrogens with zero attached hydrogens (tertiary/aromatic N) is 1. The maximum atomic E-state index is 12.4. The summed E-state index contributed by atoms with van der Waals surface area (Å²) in [6.07, 6.45) is 0.323. The monoisotopic (exact) mass is 312 g/mol. The Morgan fingerprint density at radius 3 is 2.70 bits per heavy atom. The van der Waals surface area contributed by atoms with Crippen molar-refractivity contribution in [1.82, 2.24) is 9.88 Å². The fourth-order valence-corrected chi connectivity index (χ4v) is 3.00. The van der Waals surface area contributed by atoms with Gasteiger partial charge in [0, 0.05) is 24.3 Å². The maximum absolute atomic E-state index is 12.4. The summed E-state index contributed by atoms with van der Waals surface area (Å²) in [6.45, 7) is 4.98. The summed E-state index contributed by atoms with van der Waals surface area (Å²) in [5.74, 6) is -0.273. The molecule has 5 nitrogen and oxygen atoms in total. The molecule has 0 atom stereocenters.